The highest BCUT2D eigenvalue weighted by atomic mass is 32.2. The Hall–Kier alpha value is -0.840. The van der Waals surface area contributed by atoms with Crippen molar-refractivity contribution in [1.82, 2.24) is 0 Å². The van der Waals surface area contributed by atoms with Gasteiger partial charge in [0.15, 0.2) is 0 Å². The molecule has 0 amide bonds. The van der Waals surface area contributed by atoms with E-state index in [0.29, 0.717) is 12.3 Å². The number of hydrogen-bond acceptors (Lipinski definition) is 6. The molecule has 0 aromatic rings. The molecular formula is C11H12F4O5S. The zero-order valence-electron chi connectivity index (χ0n) is 10.5. The van der Waals surface area contributed by atoms with Gasteiger partial charge < -0.3 is 4.74 Å². The van der Waals surface area contributed by atoms with Crippen LogP contribution in [0.2, 0.25) is 0 Å². The van der Waals surface area contributed by atoms with E-state index in [1.54, 1.807) is 0 Å². The SMILES string of the molecule is O=C(OCC1CC2C=CC1C2)C(F)(SOOO)C(F)(F)F. The van der Waals surface area contributed by atoms with E-state index >= 15 is 0 Å². The number of esters is 1. The molecule has 4 unspecified atom stereocenters. The van der Waals surface area contributed by atoms with Crippen LogP contribution in [-0.2, 0) is 18.9 Å². The minimum absolute atomic E-state index is 0.110. The number of alkyl halides is 4. The first-order valence-electron chi connectivity index (χ1n) is 6.05. The maximum absolute atomic E-state index is 13.8. The van der Waals surface area contributed by atoms with Crippen molar-refractivity contribution < 1.29 is 41.7 Å². The number of carbonyl (C=O) groups is 1. The first kappa shape index (κ1) is 16.5. The molecule has 5 nitrogen and oxygen atoms in total. The van der Waals surface area contributed by atoms with Crippen LogP contribution in [0.5, 0.6) is 0 Å². The highest BCUT2D eigenvalue weighted by Crippen LogP contribution is 2.46. The van der Waals surface area contributed by atoms with Crippen LogP contribution in [0.1, 0.15) is 12.8 Å². The minimum atomic E-state index is -5.58. The summed E-state index contributed by atoms with van der Waals surface area (Å²) in [6, 6.07) is 0. The van der Waals surface area contributed by atoms with Crippen molar-refractivity contribution in [1.29, 1.82) is 0 Å². The number of rotatable bonds is 6. The Morgan fingerprint density at radius 3 is 2.48 bits per heavy atom. The second kappa shape index (κ2) is 6.11. The molecule has 21 heavy (non-hydrogen) atoms. The van der Waals surface area contributed by atoms with Crippen molar-refractivity contribution in [3.63, 3.8) is 0 Å². The van der Waals surface area contributed by atoms with Gasteiger partial charge in [0.05, 0.1) is 18.6 Å². The zero-order valence-corrected chi connectivity index (χ0v) is 11.3. The molecule has 0 saturated heterocycles. The van der Waals surface area contributed by atoms with Gasteiger partial charge in [-0.15, -0.1) is 4.33 Å². The number of hydrogen-bond donors (Lipinski definition) is 1. The van der Waals surface area contributed by atoms with E-state index in [-0.39, 0.29) is 18.4 Å². The largest absolute Gasteiger partial charge is 0.462 e. The van der Waals surface area contributed by atoms with Crippen LogP contribution in [0.3, 0.4) is 0 Å². The molecule has 0 aromatic heterocycles. The van der Waals surface area contributed by atoms with E-state index < -0.39 is 29.2 Å². The van der Waals surface area contributed by atoms with Crippen LogP contribution in [-0.4, -0.2) is 29.0 Å². The second-order valence-corrected chi connectivity index (χ2v) is 5.82. The summed E-state index contributed by atoms with van der Waals surface area (Å²) in [6.07, 6.45) is -0.0690. The first-order valence-corrected chi connectivity index (χ1v) is 6.79. The van der Waals surface area contributed by atoms with Gasteiger partial charge in [-0.25, -0.2) is 14.4 Å². The standard InChI is InChI=1S/C11H12F4O5S/c12-10(11(13,14)15,21-20-19-17)9(16)18-5-8-4-6-1-2-7(8)3-6/h1-2,6-8,17H,3-5H2. The highest BCUT2D eigenvalue weighted by Gasteiger charge is 2.66. The van der Waals surface area contributed by atoms with E-state index in [1.807, 2.05) is 12.2 Å². The number of allylic oxidation sites excluding steroid dienone is 2. The Kier molecular flexibility index (Phi) is 4.81. The maximum Gasteiger partial charge on any atom is 0.446 e. The lowest BCUT2D eigenvalue weighted by molar-refractivity contribution is -0.433. The molecular weight excluding hydrogens is 320 g/mol. The molecule has 2 aliphatic carbocycles. The molecule has 10 heteroatoms. The summed E-state index contributed by atoms with van der Waals surface area (Å²) in [7, 11) is 0. The topological polar surface area (TPSA) is 65.0 Å². The summed E-state index contributed by atoms with van der Waals surface area (Å²) < 4.78 is 59.5. The Morgan fingerprint density at radius 1 is 1.29 bits per heavy atom. The van der Waals surface area contributed by atoms with Gasteiger partial charge >= 0.3 is 17.1 Å². The summed E-state index contributed by atoms with van der Waals surface area (Å²) in [5.74, 6) is -1.76. The fourth-order valence-electron chi connectivity index (χ4n) is 2.62. The highest BCUT2D eigenvalue weighted by molar-refractivity contribution is 7.96. The van der Waals surface area contributed by atoms with Crippen molar-refractivity contribution in [3.05, 3.63) is 12.2 Å². The predicted molar refractivity (Wildman–Crippen MR) is 62.1 cm³/mol. The molecule has 0 spiro atoms. The Morgan fingerprint density at radius 2 is 2.00 bits per heavy atom. The van der Waals surface area contributed by atoms with Gasteiger partial charge in [-0.05, 0) is 30.6 Å². The fraction of sp³-hybridized carbons (Fsp3) is 0.727. The van der Waals surface area contributed by atoms with Gasteiger partial charge in [-0.2, -0.15) is 13.2 Å². The summed E-state index contributed by atoms with van der Waals surface area (Å²) in [6.45, 7) is -0.299. The molecule has 1 saturated carbocycles. The van der Waals surface area contributed by atoms with Gasteiger partial charge in [-0.3, -0.25) is 0 Å². The molecule has 0 heterocycles. The van der Waals surface area contributed by atoms with E-state index in [9.17, 15) is 22.4 Å². The number of ether oxygens (including phenoxy) is 1. The third-order valence-electron chi connectivity index (χ3n) is 3.65. The van der Waals surface area contributed by atoms with Crippen LogP contribution < -0.4 is 0 Å². The van der Waals surface area contributed by atoms with Crippen molar-refractivity contribution in [2.45, 2.75) is 24.0 Å². The van der Waals surface area contributed by atoms with Crippen LogP contribution in [0.15, 0.2) is 12.2 Å². The smallest absolute Gasteiger partial charge is 0.446 e. The third-order valence-corrected chi connectivity index (χ3v) is 4.41. The quantitative estimate of drug-likeness (QED) is 0.201. The molecule has 1 fully saturated rings. The monoisotopic (exact) mass is 332 g/mol. The van der Waals surface area contributed by atoms with Crippen LogP contribution in [0.25, 0.3) is 0 Å². The lowest BCUT2D eigenvalue weighted by Crippen LogP contribution is -2.47. The Balaban J connectivity index is 1.94. The summed E-state index contributed by atoms with van der Waals surface area (Å²) >= 11 is -1.02. The fourth-order valence-corrected chi connectivity index (χ4v) is 2.97. The van der Waals surface area contributed by atoms with Crippen LogP contribution in [0, 0.1) is 17.8 Å². The van der Waals surface area contributed by atoms with E-state index in [4.69, 9.17) is 5.26 Å². The zero-order chi connectivity index (χ0) is 15.7. The van der Waals surface area contributed by atoms with Gasteiger partial charge in [0.2, 0.25) is 0 Å². The average molecular weight is 332 g/mol. The van der Waals surface area contributed by atoms with Crippen molar-refractivity contribution in [2.75, 3.05) is 6.61 Å². The number of halogens is 4. The first-order chi connectivity index (χ1) is 9.78. The minimum Gasteiger partial charge on any atom is -0.462 e. The van der Waals surface area contributed by atoms with Crippen LogP contribution in [0.4, 0.5) is 17.6 Å². The van der Waals surface area contributed by atoms with Gasteiger partial charge in [0, 0.05) is 0 Å². The van der Waals surface area contributed by atoms with Crippen molar-refractivity contribution >= 4 is 18.0 Å². The molecule has 4 atom stereocenters. The molecule has 2 bridgehead atoms. The van der Waals surface area contributed by atoms with Gasteiger partial charge in [-0.1, -0.05) is 17.2 Å². The van der Waals surface area contributed by atoms with Crippen LogP contribution >= 0.6 is 12.0 Å². The molecule has 0 radical (unpaired) electrons. The second-order valence-electron chi connectivity index (χ2n) is 4.96. The maximum atomic E-state index is 13.8. The molecule has 2 aliphatic rings. The molecule has 0 aromatic carbocycles. The van der Waals surface area contributed by atoms with Gasteiger partial charge in [0.1, 0.15) is 0 Å². The molecule has 2 rings (SSSR count). The lowest BCUT2D eigenvalue weighted by atomic mass is 9.95. The molecule has 0 aliphatic heterocycles. The van der Waals surface area contributed by atoms with E-state index in [0.717, 1.165) is 6.42 Å². The molecule has 120 valence electrons. The molecule has 1 N–H and O–H groups in total. The third kappa shape index (κ3) is 3.33. The van der Waals surface area contributed by atoms with Gasteiger partial charge in [0.25, 0.3) is 0 Å². The van der Waals surface area contributed by atoms with E-state index in [2.05, 4.69) is 14.1 Å². The lowest BCUT2D eigenvalue weighted by Gasteiger charge is -2.25. The summed E-state index contributed by atoms with van der Waals surface area (Å²) in [4.78, 5) is 11.4. The average Bonchev–Trinajstić information content (AvgIpc) is 3.03. The predicted octanol–water partition coefficient (Wildman–Crippen LogP) is 3.04. The summed E-state index contributed by atoms with van der Waals surface area (Å²) in [5, 5.41) is 6.25. The Labute approximate surface area is 121 Å². The van der Waals surface area contributed by atoms with Crippen molar-refractivity contribution in [2.24, 2.45) is 17.8 Å². The van der Waals surface area contributed by atoms with Crippen molar-refractivity contribution in [3.8, 4) is 0 Å². The Bertz CT molecular complexity index is 429. The van der Waals surface area contributed by atoms with E-state index in [1.165, 1.54) is 0 Å². The number of carbonyl (C=O) groups excluding carboxylic acids is 1. The normalized spacial score (nSPS) is 30.4. The number of fused-ring (bicyclic) bond motifs is 2. The summed E-state index contributed by atoms with van der Waals surface area (Å²) in [5.41, 5.74) is 0.